The number of nitrogens with zero attached hydrogens (tertiary/aromatic N) is 2. The Balaban J connectivity index is 2.74. The fourth-order valence-corrected chi connectivity index (χ4v) is 0.700. The average Bonchev–Trinajstić information content (AvgIpc) is 1.82. The Morgan fingerprint density at radius 3 is 2.58 bits per heavy atom. The third-order valence-corrected chi connectivity index (χ3v) is 1.16. The molecule has 1 unspecified atom stereocenters. The molecule has 1 heterocycles. The monoisotopic (exact) mass is 180 g/mol. The molecule has 1 aliphatic heterocycles. The molecule has 2 amide bonds. The molecular weight excluding hydrogens is 175 g/mol. The lowest BCUT2D eigenvalue weighted by Crippen LogP contribution is -2.57. The van der Waals surface area contributed by atoms with Crippen molar-refractivity contribution in [3.8, 4) is 0 Å². The lowest BCUT2D eigenvalue weighted by molar-refractivity contribution is -0.157. The summed E-state index contributed by atoms with van der Waals surface area (Å²) in [5, 5.41) is 4.67. The maximum atomic E-state index is 11.9. The van der Waals surface area contributed by atoms with Gasteiger partial charge in [0.1, 0.15) is 0 Å². The zero-order chi connectivity index (χ0) is 9.35. The molecule has 12 heavy (non-hydrogen) atoms. The molecule has 1 aliphatic rings. The second kappa shape index (κ2) is 2.65. The molecule has 1 N–H and O–H groups in total. The van der Waals surface area contributed by atoms with Gasteiger partial charge in [-0.25, -0.2) is 4.79 Å². The van der Waals surface area contributed by atoms with Gasteiger partial charge < -0.3 is 0 Å². The lowest BCUT2D eigenvalue weighted by atomic mass is 10.4. The van der Waals surface area contributed by atoms with Gasteiger partial charge >= 0.3 is 18.4 Å². The standard InChI is InChI=1S/C5H5F3N3O/c1-2-9-3(5(6,7)8)11-4(12)10-2/h3,9H,1H3/q+1. The van der Waals surface area contributed by atoms with Gasteiger partial charge in [-0.05, 0) is 4.99 Å². The largest absolute Gasteiger partial charge is 0.509 e. The fraction of sp³-hybridized carbons (Fsp3) is 0.600. The Labute approximate surface area is 65.8 Å². The van der Waals surface area contributed by atoms with E-state index < -0.39 is 18.4 Å². The number of aliphatic imine (C=N–C) groups is 1. The fourth-order valence-electron chi connectivity index (χ4n) is 0.700. The highest BCUT2D eigenvalue weighted by Crippen LogP contribution is 2.19. The van der Waals surface area contributed by atoms with Crippen molar-refractivity contribution in [3.05, 3.63) is 0 Å². The zero-order valence-electron chi connectivity index (χ0n) is 6.01. The molecule has 0 bridgehead atoms. The number of carbonyl (C=O) groups is 1. The minimum Gasteiger partial charge on any atom is -0.263 e. The molecule has 0 saturated heterocycles. The first-order chi connectivity index (χ1) is 5.39. The van der Waals surface area contributed by atoms with Crippen LogP contribution in [0.5, 0.6) is 0 Å². The second-order valence-electron chi connectivity index (χ2n) is 2.20. The van der Waals surface area contributed by atoms with Gasteiger partial charge in [0.2, 0.25) is 5.84 Å². The quantitative estimate of drug-likeness (QED) is 0.568. The van der Waals surface area contributed by atoms with Gasteiger partial charge in [-0.3, -0.25) is 5.32 Å². The van der Waals surface area contributed by atoms with Crippen molar-refractivity contribution in [2.45, 2.75) is 19.3 Å². The van der Waals surface area contributed by atoms with E-state index in [2.05, 4.69) is 10.3 Å². The highest BCUT2D eigenvalue weighted by atomic mass is 19.4. The van der Waals surface area contributed by atoms with E-state index in [-0.39, 0.29) is 5.84 Å². The number of rotatable bonds is 0. The first-order valence-electron chi connectivity index (χ1n) is 3.03. The van der Waals surface area contributed by atoms with Gasteiger partial charge in [-0.1, -0.05) is 5.32 Å². The number of nitrogens with one attached hydrogen (secondary N) is 1. The van der Waals surface area contributed by atoms with Gasteiger partial charge in [0.05, 0.1) is 0 Å². The Morgan fingerprint density at radius 2 is 2.17 bits per heavy atom. The van der Waals surface area contributed by atoms with E-state index in [1.165, 1.54) is 6.92 Å². The number of hydrogen-bond donors (Lipinski definition) is 1. The molecule has 0 aliphatic carbocycles. The van der Waals surface area contributed by atoms with Crippen LogP contribution in [0.1, 0.15) is 6.92 Å². The molecule has 0 spiro atoms. The van der Waals surface area contributed by atoms with Gasteiger partial charge in [-0.2, -0.15) is 13.2 Å². The number of urea groups is 1. The van der Waals surface area contributed by atoms with Crippen molar-refractivity contribution in [3.63, 3.8) is 0 Å². The summed E-state index contributed by atoms with van der Waals surface area (Å²) in [5.74, 6) is -0.0719. The predicted molar refractivity (Wildman–Crippen MR) is 33.3 cm³/mol. The van der Waals surface area contributed by atoms with Crippen LogP contribution in [0, 0.1) is 0 Å². The molecular formula is C5H5F3N3O+. The van der Waals surface area contributed by atoms with E-state index in [0.29, 0.717) is 0 Å². The first kappa shape index (κ1) is 8.82. The molecule has 1 rings (SSSR count). The molecule has 7 heteroatoms. The highest BCUT2D eigenvalue weighted by molar-refractivity contribution is 5.92. The summed E-state index contributed by atoms with van der Waals surface area (Å²) >= 11 is 0. The van der Waals surface area contributed by atoms with E-state index in [4.69, 9.17) is 0 Å². The smallest absolute Gasteiger partial charge is 0.263 e. The molecule has 0 saturated carbocycles. The molecule has 4 nitrogen and oxygen atoms in total. The zero-order valence-corrected chi connectivity index (χ0v) is 6.01. The van der Waals surface area contributed by atoms with Crippen molar-refractivity contribution in [1.29, 1.82) is 0 Å². The minimum atomic E-state index is -4.55. The van der Waals surface area contributed by atoms with Crippen LogP contribution < -0.4 is 15.6 Å². The minimum absolute atomic E-state index is 0.0719. The van der Waals surface area contributed by atoms with Crippen molar-refractivity contribution >= 4 is 11.9 Å². The normalized spacial score (nSPS) is 24.2. The Kier molecular flexibility index (Phi) is 1.95. The van der Waals surface area contributed by atoms with Crippen LogP contribution in [-0.2, 0) is 0 Å². The number of carbonyl (C=O) groups excluding carboxylic acids is 1. The highest BCUT2D eigenvalue weighted by Gasteiger charge is 2.51. The van der Waals surface area contributed by atoms with Crippen molar-refractivity contribution in [2.75, 3.05) is 0 Å². The van der Waals surface area contributed by atoms with Crippen LogP contribution in [0.3, 0.4) is 0 Å². The van der Waals surface area contributed by atoms with E-state index in [1.807, 2.05) is 5.32 Å². The molecule has 0 aromatic heterocycles. The Morgan fingerprint density at radius 1 is 1.58 bits per heavy atom. The Hall–Kier alpha value is -1.27. The summed E-state index contributed by atoms with van der Waals surface area (Å²) in [4.78, 5) is 13.6. The Bertz CT molecular complexity index is 235. The number of halogens is 3. The van der Waals surface area contributed by atoms with Crippen LogP contribution in [0.4, 0.5) is 18.0 Å². The van der Waals surface area contributed by atoms with Gasteiger partial charge in [-0.15, -0.1) is 0 Å². The average molecular weight is 180 g/mol. The van der Waals surface area contributed by atoms with Gasteiger partial charge in [0, 0.05) is 6.92 Å². The number of amides is 2. The molecule has 0 fully saturated rings. The maximum Gasteiger partial charge on any atom is 0.509 e. The SMILES string of the molecule is CC1=[N+]C(=O)[N]C(C(F)(F)F)N1. The van der Waals surface area contributed by atoms with Crippen molar-refractivity contribution < 1.29 is 18.0 Å². The van der Waals surface area contributed by atoms with Gasteiger partial charge in [0.15, 0.2) is 0 Å². The lowest BCUT2D eigenvalue weighted by Gasteiger charge is -2.14. The molecule has 1 atom stereocenters. The van der Waals surface area contributed by atoms with E-state index >= 15 is 0 Å². The van der Waals surface area contributed by atoms with Crippen molar-refractivity contribution in [1.82, 2.24) is 15.6 Å². The number of amidine groups is 1. The number of hydrogen-bond acceptors (Lipinski definition) is 2. The van der Waals surface area contributed by atoms with E-state index in [9.17, 15) is 18.0 Å². The summed E-state index contributed by atoms with van der Waals surface area (Å²) in [6.07, 6.45) is -6.70. The third kappa shape index (κ3) is 1.86. The molecule has 2 radical (unpaired) electrons. The third-order valence-electron chi connectivity index (χ3n) is 1.16. The van der Waals surface area contributed by atoms with Crippen LogP contribution in [0.15, 0.2) is 0 Å². The predicted octanol–water partition coefficient (Wildman–Crippen LogP) is -0.0434. The van der Waals surface area contributed by atoms with E-state index in [1.54, 1.807) is 0 Å². The van der Waals surface area contributed by atoms with Gasteiger partial charge in [0.25, 0.3) is 0 Å². The first-order valence-corrected chi connectivity index (χ1v) is 3.03. The molecule has 66 valence electrons. The summed E-state index contributed by atoms with van der Waals surface area (Å²) in [6, 6.07) is -1.10. The summed E-state index contributed by atoms with van der Waals surface area (Å²) in [5.41, 5.74) is 0. The summed E-state index contributed by atoms with van der Waals surface area (Å²) < 4.78 is 35.8. The molecule has 0 aromatic rings. The van der Waals surface area contributed by atoms with Crippen LogP contribution >= 0.6 is 0 Å². The topological polar surface area (TPSA) is 57.3 Å². The molecule has 0 aromatic carbocycles. The maximum absolute atomic E-state index is 11.9. The van der Waals surface area contributed by atoms with Crippen LogP contribution in [-0.4, -0.2) is 24.2 Å². The van der Waals surface area contributed by atoms with Crippen LogP contribution in [0.2, 0.25) is 0 Å². The number of alkyl halides is 3. The summed E-state index contributed by atoms with van der Waals surface area (Å²) in [6.45, 7) is 1.27. The van der Waals surface area contributed by atoms with E-state index in [0.717, 1.165) is 0 Å². The summed E-state index contributed by atoms with van der Waals surface area (Å²) in [7, 11) is 0. The van der Waals surface area contributed by atoms with Crippen LogP contribution in [0.25, 0.3) is 0 Å². The second-order valence-corrected chi connectivity index (χ2v) is 2.20. The van der Waals surface area contributed by atoms with Crippen molar-refractivity contribution in [2.24, 2.45) is 0 Å².